The van der Waals surface area contributed by atoms with Crippen molar-refractivity contribution in [2.75, 3.05) is 39.8 Å². The van der Waals surface area contributed by atoms with Crippen molar-refractivity contribution in [3.63, 3.8) is 0 Å². The molecule has 0 spiro atoms. The van der Waals surface area contributed by atoms with Gasteiger partial charge in [0, 0.05) is 57.6 Å². The Morgan fingerprint density at radius 3 is 2.86 bits per heavy atom. The summed E-state index contributed by atoms with van der Waals surface area (Å²) in [4.78, 5) is 20.5. The first-order valence-electron chi connectivity index (χ1n) is 7.80. The second kappa shape index (κ2) is 6.15. The molecular weight excluding hydrogens is 268 g/mol. The average Bonchev–Trinajstić information content (AvgIpc) is 2.89. The Kier molecular flexibility index (Phi) is 4.26. The van der Waals surface area contributed by atoms with Crippen molar-refractivity contribution < 1.29 is 9.90 Å². The quantitative estimate of drug-likeness (QED) is 0.866. The van der Waals surface area contributed by atoms with Crippen molar-refractivity contribution in [1.29, 1.82) is 0 Å². The predicted octanol–water partition coefficient (Wildman–Crippen LogP) is 0.320. The first-order valence-corrected chi connectivity index (χ1v) is 7.80. The molecule has 1 atom stereocenters. The third-order valence-corrected chi connectivity index (χ3v) is 4.77. The van der Waals surface area contributed by atoms with E-state index in [4.69, 9.17) is 0 Å². The van der Waals surface area contributed by atoms with Gasteiger partial charge in [0.1, 0.15) is 5.82 Å². The Labute approximate surface area is 125 Å². The van der Waals surface area contributed by atoms with Gasteiger partial charge in [0.25, 0.3) is 0 Å². The summed E-state index contributed by atoms with van der Waals surface area (Å²) in [5.74, 6) is 0.114. The number of carbonyl (C=O) groups is 1. The molecule has 3 rings (SSSR count). The van der Waals surface area contributed by atoms with E-state index in [1.54, 1.807) is 0 Å². The second-order valence-electron chi connectivity index (χ2n) is 6.25. The minimum atomic E-state index is -0.681. The fourth-order valence-corrected chi connectivity index (χ4v) is 3.24. The van der Waals surface area contributed by atoms with Crippen LogP contribution in [0.25, 0.3) is 0 Å². The van der Waals surface area contributed by atoms with Crippen LogP contribution in [-0.4, -0.2) is 70.2 Å². The van der Waals surface area contributed by atoms with E-state index in [9.17, 15) is 9.90 Å². The number of nitrogens with zero attached hydrogens (tertiary/aromatic N) is 4. The molecule has 1 aromatic rings. The van der Waals surface area contributed by atoms with Crippen LogP contribution >= 0.6 is 0 Å². The van der Waals surface area contributed by atoms with Gasteiger partial charge in [0.2, 0.25) is 0 Å². The maximum absolute atomic E-state index is 11.2. The van der Waals surface area contributed by atoms with E-state index in [2.05, 4.69) is 26.4 Å². The monoisotopic (exact) mass is 292 g/mol. The number of piperazine rings is 1. The highest BCUT2D eigenvalue weighted by Crippen LogP contribution is 2.22. The molecule has 1 fully saturated rings. The third-order valence-electron chi connectivity index (χ3n) is 4.77. The molecule has 116 valence electrons. The molecule has 3 heterocycles. The number of hydrogen-bond acceptors (Lipinski definition) is 4. The van der Waals surface area contributed by atoms with Crippen molar-refractivity contribution in [2.45, 2.75) is 25.8 Å². The molecule has 1 N–H and O–H groups in total. The lowest BCUT2D eigenvalue weighted by Gasteiger charge is -2.32. The first kappa shape index (κ1) is 14.5. The van der Waals surface area contributed by atoms with E-state index in [1.165, 1.54) is 5.69 Å². The van der Waals surface area contributed by atoms with Crippen LogP contribution in [0, 0.1) is 5.92 Å². The summed E-state index contributed by atoms with van der Waals surface area (Å²) in [5.41, 5.74) is 1.20. The van der Waals surface area contributed by atoms with Crippen LogP contribution in [0.1, 0.15) is 17.9 Å². The van der Waals surface area contributed by atoms with Gasteiger partial charge in [-0.25, -0.2) is 4.98 Å². The molecule has 0 saturated carbocycles. The second-order valence-corrected chi connectivity index (χ2v) is 6.25. The van der Waals surface area contributed by atoms with Gasteiger partial charge in [-0.05, 0) is 19.9 Å². The van der Waals surface area contributed by atoms with Crippen molar-refractivity contribution in [2.24, 2.45) is 5.92 Å². The molecule has 0 aliphatic carbocycles. The van der Waals surface area contributed by atoms with E-state index in [0.29, 0.717) is 6.54 Å². The van der Waals surface area contributed by atoms with E-state index >= 15 is 0 Å². The molecule has 2 aliphatic rings. The molecule has 0 amide bonds. The van der Waals surface area contributed by atoms with Crippen LogP contribution in [0.3, 0.4) is 0 Å². The lowest BCUT2D eigenvalue weighted by molar-refractivity contribution is -0.142. The highest BCUT2D eigenvalue weighted by atomic mass is 16.4. The summed E-state index contributed by atoms with van der Waals surface area (Å²) in [6.45, 7) is 6.08. The van der Waals surface area contributed by atoms with Gasteiger partial charge in [-0.15, -0.1) is 0 Å². The van der Waals surface area contributed by atoms with Crippen molar-refractivity contribution in [3.8, 4) is 0 Å². The topological polar surface area (TPSA) is 61.6 Å². The average molecular weight is 292 g/mol. The number of likely N-dealkylation sites (N-methyl/N-ethyl adjacent to an activating group) is 1. The highest BCUT2D eigenvalue weighted by molar-refractivity contribution is 5.70. The Balaban J connectivity index is 1.60. The molecule has 0 aromatic carbocycles. The zero-order valence-electron chi connectivity index (χ0n) is 12.7. The molecule has 1 saturated heterocycles. The molecule has 0 bridgehead atoms. The van der Waals surface area contributed by atoms with Gasteiger partial charge < -0.3 is 19.5 Å². The van der Waals surface area contributed by atoms with Crippen LogP contribution < -0.4 is 0 Å². The van der Waals surface area contributed by atoms with Gasteiger partial charge in [-0.2, -0.15) is 0 Å². The number of aliphatic carboxylic acids is 1. The van der Waals surface area contributed by atoms with E-state index in [1.807, 2.05) is 6.20 Å². The van der Waals surface area contributed by atoms with Crippen molar-refractivity contribution >= 4 is 5.97 Å². The minimum Gasteiger partial charge on any atom is -0.481 e. The van der Waals surface area contributed by atoms with Gasteiger partial charge in [-0.3, -0.25) is 4.79 Å². The molecule has 2 aliphatic heterocycles. The summed E-state index contributed by atoms with van der Waals surface area (Å²) in [6.07, 6.45) is 4.41. The van der Waals surface area contributed by atoms with Crippen LogP contribution in [0.15, 0.2) is 6.20 Å². The van der Waals surface area contributed by atoms with Crippen LogP contribution in [-0.2, 0) is 24.2 Å². The normalized spacial score (nSPS) is 24.0. The van der Waals surface area contributed by atoms with Crippen LogP contribution in [0.2, 0.25) is 0 Å². The molecular formula is C15H24N4O2. The maximum atomic E-state index is 11.2. The fourth-order valence-electron chi connectivity index (χ4n) is 3.24. The Morgan fingerprint density at radius 1 is 1.38 bits per heavy atom. The number of hydrogen-bond donors (Lipinski definition) is 1. The standard InChI is InChI=1S/C15H24N4O2/c1-17-6-8-18(9-7-17)5-4-14-16-10-13-3-2-12(15(20)21)11-19(13)14/h10,12H,2-9,11H2,1H3,(H,20,21). The SMILES string of the molecule is CN1CCN(CCc2ncc3n2CC(C(=O)O)CC3)CC1. The summed E-state index contributed by atoms with van der Waals surface area (Å²) in [6, 6.07) is 0. The maximum Gasteiger partial charge on any atom is 0.308 e. The molecule has 0 radical (unpaired) electrons. The highest BCUT2D eigenvalue weighted by Gasteiger charge is 2.26. The summed E-state index contributed by atoms with van der Waals surface area (Å²) in [7, 11) is 2.16. The summed E-state index contributed by atoms with van der Waals surface area (Å²) in [5, 5.41) is 9.20. The Bertz CT molecular complexity index is 506. The largest absolute Gasteiger partial charge is 0.481 e. The van der Waals surface area contributed by atoms with Gasteiger partial charge >= 0.3 is 5.97 Å². The number of aryl methyl sites for hydroxylation is 1. The van der Waals surface area contributed by atoms with Gasteiger partial charge in [-0.1, -0.05) is 0 Å². The van der Waals surface area contributed by atoms with Gasteiger partial charge in [0.15, 0.2) is 0 Å². The third kappa shape index (κ3) is 3.27. The number of imidazole rings is 1. The van der Waals surface area contributed by atoms with E-state index < -0.39 is 5.97 Å². The van der Waals surface area contributed by atoms with E-state index in [0.717, 1.165) is 57.8 Å². The lowest BCUT2D eigenvalue weighted by atomic mass is 9.98. The summed E-state index contributed by atoms with van der Waals surface area (Å²) < 4.78 is 2.14. The Morgan fingerprint density at radius 2 is 2.14 bits per heavy atom. The van der Waals surface area contributed by atoms with Crippen molar-refractivity contribution in [3.05, 3.63) is 17.7 Å². The number of rotatable bonds is 4. The Hall–Kier alpha value is -1.40. The predicted molar refractivity (Wildman–Crippen MR) is 79.3 cm³/mol. The number of fused-ring (bicyclic) bond motifs is 1. The van der Waals surface area contributed by atoms with Crippen molar-refractivity contribution in [1.82, 2.24) is 19.4 Å². The minimum absolute atomic E-state index is 0.255. The smallest absolute Gasteiger partial charge is 0.308 e. The lowest BCUT2D eigenvalue weighted by Crippen LogP contribution is -2.45. The molecule has 21 heavy (non-hydrogen) atoms. The number of aromatic nitrogens is 2. The molecule has 6 nitrogen and oxygen atoms in total. The van der Waals surface area contributed by atoms with E-state index in [-0.39, 0.29) is 5.92 Å². The summed E-state index contributed by atoms with van der Waals surface area (Å²) >= 11 is 0. The number of carboxylic acids is 1. The fraction of sp³-hybridized carbons (Fsp3) is 0.733. The molecule has 6 heteroatoms. The van der Waals surface area contributed by atoms with Gasteiger partial charge in [0.05, 0.1) is 5.92 Å². The zero-order valence-corrected chi connectivity index (χ0v) is 12.7. The molecule has 1 aromatic heterocycles. The zero-order chi connectivity index (χ0) is 14.8. The van der Waals surface area contributed by atoms with Crippen LogP contribution in [0.4, 0.5) is 0 Å². The number of carboxylic acid groups (broad SMARTS) is 1. The van der Waals surface area contributed by atoms with Crippen LogP contribution in [0.5, 0.6) is 0 Å². The first-order chi connectivity index (χ1) is 10.1. The molecule has 1 unspecified atom stereocenters.